The molecule has 0 saturated carbocycles. The quantitative estimate of drug-likeness (QED) is 0.251. The second kappa shape index (κ2) is 10.4. The topological polar surface area (TPSA) is 149 Å². The van der Waals surface area contributed by atoms with Gasteiger partial charge in [-0.05, 0) is 41.6 Å². The van der Waals surface area contributed by atoms with Crippen LogP contribution in [0.3, 0.4) is 0 Å². The zero-order chi connectivity index (χ0) is 24.0. The lowest BCUT2D eigenvalue weighted by atomic mass is 10.1. The Morgan fingerprint density at radius 2 is 2.00 bits per heavy atom. The summed E-state index contributed by atoms with van der Waals surface area (Å²) < 4.78 is 27.9. The van der Waals surface area contributed by atoms with Gasteiger partial charge in [0.25, 0.3) is 11.6 Å². The average Bonchev–Trinajstić information content (AvgIpc) is 3.18. The number of anilines is 1. The van der Waals surface area contributed by atoms with Crippen LogP contribution >= 0.6 is 11.8 Å². The molecule has 0 unspecified atom stereocenters. The van der Waals surface area contributed by atoms with Crippen molar-refractivity contribution < 1.29 is 18.1 Å². The number of carbonyl (C=O) groups is 1. The number of hydrogen-bond acceptors (Lipinski definition) is 8. The van der Waals surface area contributed by atoms with Crippen LogP contribution in [0.4, 0.5) is 11.4 Å². The van der Waals surface area contributed by atoms with Crippen molar-refractivity contribution in [3.05, 3.63) is 82.7 Å². The smallest absolute Gasteiger partial charge is 0.284 e. The number of aryl methyl sites for hydroxylation is 1. The first-order valence-corrected chi connectivity index (χ1v) is 11.9. The van der Waals surface area contributed by atoms with E-state index in [-0.39, 0.29) is 23.5 Å². The fourth-order valence-electron chi connectivity index (χ4n) is 2.69. The average molecular weight is 489 g/mol. The number of nitro groups is 1. The largest absolute Gasteiger partial charge is 0.322 e. The van der Waals surface area contributed by atoms with E-state index in [9.17, 15) is 23.3 Å². The van der Waals surface area contributed by atoms with Crippen LogP contribution in [0.5, 0.6) is 0 Å². The van der Waals surface area contributed by atoms with E-state index in [1.807, 2.05) is 0 Å². The third-order valence-electron chi connectivity index (χ3n) is 4.30. The predicted octanol–water partition coefficient (Wildman–Crippen LogP) is 2.73. The summed E-state index contributed by atoms with van der Waals surface area (Å²) in [7, 11) is -1.78. The Hall–Kier alpha value is -3.55. The zero-order valence-electron chi connectivity index (χ0n) is 17.5. The molecule has 0 saturated heterocycles. The molecule has 0 bridgehead atoms. The number of sulfonamides is 1. The van der Waals surface area contributed by atoms with Gasteiger partial charge >= 0.3 is 0 Å². The van der Waals surface area contributed by atoms with Gasteiger partial charge < -0.3 is 9.88 Å². The Bertz CT molecular complexity index is 1290. The van der Waals surface area contributed by atoms with Crippen molar-refractivity contribution in [2.75, 3.05) is 11.9 Å². The van der Waals surface area contributed by atoms with Gasteiger partial charge in [0.2, 0.25) is 10.0 Å². The molecular formula is C20H20N6O5S2. The summed E-state index contributed by atoms with van der Waals surface area (Å²) in [6, 6.07) is 10.4. The number of carbonyl (C=O) groups excluding carboxylic acids is 1. The van der Waals surface area contributed by atoms with Gasteiger partial charge in [-0.25, -0.2) is 13.1 Å². The zero-order valence-corrected chi connectivity index (χ0v) is 19.1. The minimum absolute atomic E-state index is 0.101. The fourth-order valence-corrected chi connectivity index (χ4v) is 4.65. The second-order valence-corrected chi connectivity index (χ2v) is 9.63. The molecule has 2 N–H and O–H groups in total. The maximum atomic E-state index is 12.6. The van der Waals surface area contributed by atoms with E-state index in [1.165, 1.54) is 30.6 Å². The molecular weight excluding hydrogens is 468 g/mol. The molecule has 0 fully saturated rings. The fraction of sp³-hybridized carbons (Fsp3) is 0.150. The van der Waals surface area contributed by atoms with Crippen molar-refractivity contribution >= 4 is 39.1 Å². The van der Waals surface area contributed by atoms with Crippen molar-refractivity contribution in [3.63, 3.8) is 0 Å². The normalized spacial score (nSPS) is 11.2. The van der Waals surface area contributed by atoms with Crippen LogP contribution in [0.15, 0.2) is 71.5 Å². The van der Waals surface area contributed by atoms with Crippen LogP contribution in [0.2, 0.25) is 0 Å². The van der Waals surface area contributed by atoms with Crippen LogP contribution in [0.1, 0.15) is 15.9 Å². The van der Waals surface area contributed by atoms with Crippen molar-refractivity contribution in [2.45, 2.75) is 15.8 Å². The van der Waals surface area contributed by atoms with Crippen LogP contribution in [0.25, 0.3) is 0 Å². The van der Waals surface area contributed by atoms with Gasteiger partial charge in [0.15, 0.2) is 5.16 Å². The Labute approximate surface area is 194 Å². The van der Waals surface area contributed by atoms with E-state index in [0.717, 1.165) is 11.8 Å². The Morgan fingerprint density at radius 1 is 1.27 bits per heavy atom. The molecule has 11 nitrogen and oxygen atoms in total. The van der Waals surface area contributed by atoms with Gasteiger partial charge in [-0.1, -0.05) is 18.2 Å². The lowest BCUT2D eigenvalue weighted by Crippen LogP contribution is -2.25. The number of rotatable bonds is 10. The first-order valence-electron chi connectivity index (χ1n) is 9.47. The van der Waals surface area contributed by atoms with E-state index in [1.54, 1.807) is 35.9 Å². The van der Waals surface area contributed by atoms with Gasteiger partial charge in [-0.2, -0.15) is 0 Å². The molecule has 172 valence electrons. The predicted molar refractivity (Wildman–Crippen MR) is 123 cm³/mol. The highest BCUT2D eigenvalue weighted by atomic mass is 32.2. The van der Waals surface area contributed by atoms with Crippen molar-refractivity contribution in [1.82, 2.24) is 19.5 Å². The molecule has 2 aromatic carbocycles. The van der Waals surface area contributed by atoms with Crippen molar-refractivity contribution in [3.8, 4) is 0 Å². The Kier molecular flexibility index (Phi) is 7.58. The van der Waals surface area contributed by atoms with Crippen molar-refractivity contribution in [2.24, 2.45) is 7.05 Å². The Morgan fingerprint density at radius 3 is 2.61 bits per heavy atom. The highest BCUT2D eigenvalue weighted by Crippen LogP contribution is 2.34. The van der Waals surface area contributed by atoms with Gasteiger partial charge in [-0.3, -0.25) is 14.9 Å². The highest BCUT2D eigenvalue weighted by molar-refractivity contribution is 7.99. The number of benzene rings is 2. The molecule has 1 heterocycles. The van der Waals surface area contributed by atoms with Crippen molar-refractivity contribution in [1.29, 1.82) is 0 Å². The molecule has 0 aliphatic carbocycles. The van der Waals surface area contributed by atoms with Crippen LogP contribution in [-0.2, 0) is 22.8 Å². The minimum atomic E-state index is -3.50. The van der Waals surface area contributed by atoms with Gasteiger partial charge in [0.1, 0.15) is 6.33 Å². The molecule has 0 aliphatic rings. The van der Waals surface area contributed by atoms with Gasteiger partial charge in [0, 0.05) is 30.9 Å². The second-order valence-electron chi connectivity index (χ2n) is 6.81. The summed E-state index contributed by atoms with van der Waals surface area (Å²) in [5.74, 6) is -0.757. The summed E-state index contributed by atoms with van der Waals surface area (Å²) >= 11 is 1.07. The SMILES string of the molecule is C=CCNS(=O)(=O)Cc1ccc(NC(=O)c2ccc(Sc3nncn3C)c([N+](=O)[O-])c2)cc1. The molecule has 3 rings (SSSR count). The highest BCUT2D eigenvalue weighted by Gasteiger charge is 2.20. The number of nitro benzene ring substituents is 1. The maximum absolute atomic E-state index is 12.6. The molecule has 0 spiro atoms. The van der Waals surface area contributed by atoms with E-state index >= 15 is 0 Å². The maximum Gasteiger partial charge on any atom is 0.284 e. The summed E-state index contributed by atoms with van der Waals surface area (Å²) in [4.78, 5) is 23.9. The molecule has 0 radical (unpaired) electrons. The summed E-state index contributed by atoms with van der Waals surface area (Å²) in [6.07, 6.45) is 2.93. The number of amides is 1. The van der Waals surface area contributed by atoms with E-state index in [0.29, 0.717) is 21.3 Å². The lowest BCUT2D eigenvalue weighted by molar-refractivity contribution is -0.387. The van der Waals surface area contributed by atoms with Crippen LogP contribution in [-0.4, -0.2) is 40.6 Å². The van der Waals surface area contributed by atoms with Gasteiger partial charge in [0.05, 0.1) is 15.6 Å². The molecule has 0 atom stereocenters. The number of aromatic nitrogens is 3. The van der Waals surface area contributed by atoms with Gasteiger partial charge in [-0.15, -0.1) is 16.8 Å². The van der Waals surface area contributed by atoms with E-state index < -0.39 is 20.9 Å². The molecule has 3 aromatic rings. The molecule has 13 heteroatoms. The first-order chi connectivity index (χ1) is 15.7. The van der Waals surface area contributed by atoms with E-state index in [2.05, 4.69) is 26.8 Å². The summed E-state index contributed by atoms with van der Waals surface area (Å²) in [6.45, 7) is 3.60. The summed E-state index contributed by atoms with van der Waals surface area (Å²) in [5.41, 5.74) is 0.818. The van der Waals surface area contributed by atoms with E-state index in [4.69, 9.17) is 0 Å². The monoisotopic (exact) mass is 488 g/mol. The third kappa shape index (κ3) is 6.47. The lowest BCUT2D eigenvalue weighted by Gasteiger charge is -2.09. The Balaban J connectivity index is 1.72. The molecule has 1 amide bonds. The number of nitrogens with one attached hydrogen (secondary N) is 2. The number of nitrogens with zero attached hydrogens (tertiary/aromatic N) is 4. The van der Waals surface area contributed by atoms with Crippen LogP contribution in [0, 0.1) is 10.1 Å². The first kappa shape index (κ1) is 24.1. The molecule has 1 aromatic heterocycles. The standard InChI is InChI=1S/C20H20N6O5S2/c1-3-10-22-33(30,31)12-14-4-7-16(8-5-14)23-19(27)15-6-9-18(17(11-15)26(28)29)32-20-24-21-13-25(20)2/h3-9,11,13,22H,1,10,12H2,2H3,(H,23,27). The number of hydrogen-bond donors (Lipinski definition) is 2. The molecule has 33 heavy (non-hydrogen) atoms. The molecule has 0 aliphatic heterocycles. The summed E-state index contributed by atoms with van der Waals surface area (Å²) in [5, 5.41) is 22.3. The third-order valence-corrected chi connectivity index (χ3v) is 6.74. The van der Waals surface area contributed by atoms with Crippen LogP contribution < -0.4 is 10.0 Å². The minimum Gasteiger partial charge on any atom is -0.322 e.